The van der Waals surface area contributed by atoms with Crippen molar-refractivity contribution in [2.24, 2.45) is 0 Å². The van der Waals surface area contributed by atoms with E-state index in [0.29, 0.717) is 22.5 Å². The van der Waals surface area contributed by atoms with Gasteiger partial charge in [0.05, 0.1) is 5.56 Å². The van der Waals surface area contributed by atoms with E-state index in [4.69, 9.17) is 11.6 Å². The summed E-state index contributed by atoms with van der Waals surface area (Å²) >= 11 is 7.56. The zero-order valence-corrected chi connectivity index (χ0v) is 15.8. The topological polar surface area (TPSA) is 59.8 Å². The largest absolute Gasteiger partial charge is 0.290 e. The number of anilines is 1. The molecular weight excluding hydrogens is 394 g/mol. The lowest BCUT2D eigenvalue weighted by molar-refractivity contribution is 0.102. The molecule has 0 fully saturated rings. The first-order chi connectivity index (χ1) is 13.0. The zero-order valence-electron chi connectivity index (χ0n) is 14.2. The first-order valence-electron chi connectivity index (χ1n) is 8.05. The molecule has 5 nitrogen and oxygen atoms in total. The van der Waals surface area contributed by atoms with Gasteiger partial charge in [0, 0.05) is 17.3 Å². The second-order valence-corrected chi connectivity index (χ2v) is 6.86. The molecule has 0 bridgehead atoms. The summed E-state index contributed by atoms with van der Waals surface area (Å²) in [5.41, 5.74) is 0.549. The zero-order chi connectivity index (χ0) is 19.4. The lowest BCUT2D eigenvalue weighted by Gasteiger charge is -2.09. The van der Waals surface area contributed by atoms with E-state index < -0.39 is 23.1 Å². The number of rotatable bonds is 6. The molecule has 3 rings (SSSR count). The van der Waals surface area contributed by atoms with Crippen LogP contribution in [0, 0.1) is 11.6 Å². The van der Waals surface area contributed by atoms with Gasteiger partial charge >= 0.3 is 0 Å². The normalized spacial score (nSPS) is 10.8. The molecule has 1 aromatic heterocycles. The third-order valence-electron chi connectivity index (χ3n) is 3.75. The molecule has 0 unspecified atom stereocenters. The summed E-state index contributed by atoms with van der Waals surface area (Å²) in [5, 5.41) is 11.7. The van der Waals surface area contributed by atoms with Gasteiger partial charge in [0.2, 0.25) is 5.95 Å². The van der Waals surface area contributed by atoms with Gasteiger partial charge in [-0.2, -0.15) is 0 Å². The molecule has 27 heavy (non-hydrogen) atoms. The SMILES string of the molecule is CCn1c(NC(=O)c2cc(F)ccc2F)nnc1SCc1ccccc1Cl. The molecule has 9 heteroatoms. The highest BCUT2D eigenvalue weighted by molar-refractivity contribution is 7.98. The van der Waals surface area contributed by atoms with Gasteiger partial charge in [-0.3, -0.25) is 14.7 Å². The Morgan fingerprint density at radius 3 is 2.74 bits per heavy atom. The van der Waals surface area contributed by atoms with E-state index in [0.717, 1.165) is 23.8 Å². The monoisotopic (exact) mass is 408 g/mol. The smallest absolute Gasteiger partial charge is 0.261 e. The highest BCUT2D eigenvalue weighted by Crippen LogP contribution is 2.27. The minimum absolute atomic E-state index is 0.160. The fourth-order valence-electron chi connectivity index (χ4n) is 2.37. The lowest BCUT2D eigenvalue weighted by Crippen LogP contribution is -2.17. The number of carbonyl (C=O) groups excluding carboxylic acids is 1. The van der Waals surface area contributed by atoms with Crippen LogP contribution >= 0.6 is 23.4 Å². The van der Waals surface area contributed by atoms with Crippen molar-refractivity contribution in [2.45, 2.75) is 24.4 Å². The minimum Gasteiger partial charge on any atom is -0.290 e. The number of amides is 1. The Morgan fingerprint density at radius 2 is 2.00 bits per heavy atom. The summed E-state index contributed by atoms with van der Waals surface area (Å²) in [6.45, 7) is 2.35. The van der Waals surface area contributed by atoms with Crippen LogP contribution in [0.4, 0.5) is 14.7 Å². The van der Waals surface area contributed by atoms with Crippen molar-refractivity contribution in [3.05, 3.63) is 70.2 Å². The summed E-state index contributed by atoms with van der Waals surface area (Å²) < 4.78 is 28.7. The molecule has 0 atom stereocenters. The standard InChI is InChI=1S/C18H15ClF2N4OS/c1-2-25-17(22-16(26)13-9-12(20)7-8-15(13)21)23-24-18(25)27-10-11-5-3-4-6-14(11)19/h3-9H,2,10H2,1H3,(H,22,23,26). The third kappa shape index (κ3) is 4.45. The van der Waals surface area contributed by atoms with E-state index in [2.05, 4.69) is 15.5 Å². The molecule has 2 aromatic carbocycles. The summed E-state index contributed by atoms with van der Waals surface area (Å²) in [5.74, 6) is -1.58. The molecule has 0 saturated carbocycles. The molecule has 3 aromatic rings. The molecule has 1 heterocycles. The molecule has 0 saturated heterocycles. The Morgan fingerprint density at radius 1 is 1.22 bits per heavy atom. The van der Waals surface area contributed by atoms with Crippen LogP contribution < -0.4 is 5.32 Å². The maximum Gasteiger partial charge on any atom is 0.261 e. The quantitative estimate of drug-likeness (QED) is 0.596. The molecule has 0 aliphatic carbocycles. The van der Waals surface area contributed by atoms with Gasteiger partial charge in [0.25, 0.3) is 5.91 Å². The van der Waals surface area contributed by atoms with E-state index in [1.54, 1.807) is 10.6 Å². The predicted octanol–water partition coefficient (Wildman–Crippen LogP) is 4.77. The maximum absolute atomic E-state index is 13.8. The first kappa shape index (κ1) is 19.3. The second-order valence-electron chi connectivity index (χ2n) is 5.51. The highest BCUT2D eigenvalue weighted by atomic mass is 35.5. The van der Waals surface area contributed by atoms with Gasteiger partial charge in [-0.1, -0.05) is 41.6 Å². The van der Waals surface area contributed by atoms with Crippen LogP contribution in [0.1, 0.15) is 22.8 Å². The number of carbonyl (C=O) groups is 1. The molecular formula is C18H15ClF2N4OS. The number of thioether (sulfide) groups is 1. The van der Waals surface area contributed by atoms with Crippen molar-refractivity contribution >= 4 is 35.2 Å². The third-order valence-corrected chi connectivity index (χ3v) is 5.13. The Labute approximate surface area is 163 Å². The van der Waals surface area contributed by atoms with Crippen molar-refractivity contribution in [1.29, 1.82) is 0 Å². The fraction of sp³-hybridized carbons (Fsp3) is 0.167. The fourth-order valence-corrected chi connectivity index (χ4v) is 3.66. The van der Waals surface area contributed by atoms with Crippen LogP contribution in [0.15, 0.2) is 47.6 Å². The van der Waals surface area contributed by atoms with Gasteiger partial charge in [0.15, 0.2) is 5.16 Å². The van der Waals surface area contributed by atoms with E-state index in [1.807, 2.05) is 25.1 Å². The first-order valence-corrected chi connectivity index (χ1v) is 9.41. The average molecular weight is 409 g/mol. The van der Waals surface area contributed by atoms with Gasteiger partial charge in [-0.15, -0.1) is 10.2 Å². The Bertz CT molecular complexity index is 980. The van der Waals surface area contributed by atoms with Crippen LogP contribution in [0.3, 0.4) is 0 Å². The molecule has 0 radical (unpaired) electrons. The van der Waals surface area contributed by atoms with Crippen LogP contribution in [0.5, 0.6) is 0 Å². The van der Waals surface area contributed by atoms with E-state index in [-0.39, 0.29) is 5.95 Å². The summed E-state index contributed by atoms with van der Waals surface area (Å²) in [7, 11) is 0. The summed E-state index contributed by atoms with van der Waals surface area (Å²) in [6, 6.07) is 10.2. The van der Waals surface area contributed by atoms with Gasteiger partial charge in [-0.25, -0.2) is 8.78 Å². The number of hydrogen-bond acceptors (Lipinski definition) is 4. The summed E-state index contributed by atoms with van der Waals surface area (Å²) in [6.07, 6.45) is 0. The Balaban J connectivity index is 1.76. The average Bonchev–Trinajstić information content (AvgIpc) is 3.04. The number of benzene rings is 2. The molecule has 0 spiro atoms. The number of nitrogens with one attached hydrogen (secondary N) is 1. The van der Waals surface area contributed by atoms with E-state index in [9.17, 15) is 13.6 Å². The Kier molecular flexibility index (Phi) is 6.08. The number of nitrogens with zero attached hydrogens (tertiary/aromatic N) is 3. The van der Waals surface area contributed by atoms with E-state index >= 15 is 0 Å². The van der Waals surface area contributed by atoms with Crippen LogP contribution in [0.25, 0.3) is 0 Å². The minimum atomic E-state index is -0.815. The van der Waals surface area contributed by atoms with Gasteiger partial charge in [-0.05, 0) is 36.8 Å². The molecule has 1 amide bonds. The second kappa shape index (κ2) is 8.49. The van der Waals surface area contributed by atoms with Crippen molar-refractivity contribution < 1.29 is 13.6 Å². The van der Waals surface area contributed by atoms with Gasteiger partial charge in [0.1, 0.15) is 11.6 Å². The number of aromatic nitrogens is 3. The van der Waals surface area contributed by atoms with Crippen LogP contribution in [0.2, 0.25) is 5.02 Å². The Hall–Kier alpha value is -2.45. The van der Waals surface area contributed by atoms with Crippen molar-refractivity contribution in [3.63, 3.8) is 0 Å². The van der Waals surface area contributed by atoms with E-state index in [1.165, 1.54) is 11.8 Å². The van der Waals surface area contributed by atoms with Crippen LogP contribution in [-0.2, 0) is 12.3 Å². The number of halogens is 3. The van der Waals surface area contributed by atoms with Crippen LogP contribution in [-0.4, -0.2) is 20.7 Å². The van der Waals surface area contributed by atoms with Crippen molar-refractivity contribution in [3.8, 4) is 0 Å². The maximum atomic E-state index is 13.8. The van der Waals surface area contributed by atoms with Gasteiger partial charge < -0.3 is 0 Å². The lowest BCUT2D eigenvalue weighted by atomic mass is 10.2. The molecule has 0 aliphatic heterocycles. The molecule has 140 valence electrons. The van der Waals surface area contributed by atoms with Crippen molar-refractivity contribution in [2.75, 3.05) is 5.32 Å². The van der Waals surface area contributed by atoms with Crippen molar-refractivity contribution in [1.82, 2.24) is 14.8 Å². The molecule has 1 N–H and O–H groups in total. The predicted molar refractivity (Wildman–Crippen MR) is 101 cm³/mol. The molecule has 0 aliphatic rings. The summed E-state index contributed by atoms with van der Waals surface area (Å²) in [4.78, 5) is 12.3. The highest BCUT2D eigenvalue weighted by Gasteiger charge is 2.18. The number of hydrogen-bond donors (Lipinski definition) is 1.